The number of urea groups is 1. The zero-order valence-corrected chi connectivity index (χ0v) is 14.8. The van der Waals surface area contributed by atoms with Gasteiger partial charge in [0, 0.05) is 31.3 Å². The molecule has 2 atom stereocenters. The van der Waals surface area contributed by atoms with Gasteiger partial charge in [0.25, 0.3) is 0 Å². The van der Waals surface area contributed by atoms with Gasteiger partial charge in [-0.1, -0.05) is 24.3 Å². The number of hydrogen-bond donors (Lipinski definition) is 3. The average molecular weight is 342 g/mol. The molecule has 1 aromatic carbocycles. The molecule has 0 bridgehead atoms. The Morgan fingerprint density at radius 3 is 2.96 bits per heavy atom. The number of hydrogen-bond acceptors (Lipinski definition) is 3. The number of aromatic nitrogens is 2. The Hall–Kier alpha value is -2.34. The summed E-state index contributed by atoms with van der Waals surface area (Å²) < 4.78 is 1.63. The minimum atomic E-state index is -1.15. The van der Waals surface area contributed by atoms with Crippen molar-refractivity contribution in [2.75, 3.05) is 13.1 Å². The van der Waals surface area contributed by atoms with E-state index < -0.39 is 5.60 Å². The zero-order chi connectivity index (χ0) is 17.9. The van der Waals surface area contributed by atoms with Crippen LogP contribution in [0.5, 0.6) is 0 Å². The van der Waals surface area contributed by atoms with Gasteiger partial charge < -0.3 is 15.7 Å². The molecule has 6 nitrogen and oxygen atoms in total. The summed E-state index contributed by atoms with van der Waals surface area (Å²) in [6.45, 7) is 2.41. The third-order valence-corrected chi connectivity index (χ3v) is 4.92. The van der Waals surface area contributed by atoms with Crippen LogP contribution >= 0.6 is 0 Å². The number of aryl methyl sites for hydroxylation is 2. The zero-order valence-electron chi connectivity index (χ0n) is 14.8. The molecule has 1 aromatic heterocycles. The summed E-state index contributed by atoms with van der Waals surface area (Å²) in [6, 6.07) is 8.20. The number of nitrogens with zero attached hydrogens (tertiary/aromatic N) is 2. The van der Waals surface area contributed by atoms with E-state index in [0.29, 0.717) is 18.0 Å². The van der Waals surface area contributed by atoms with E-state index in [4.69, 9.17) is 0 Å². The molecule has 3 rings (SSSR count). The lowest BCUT2D eigenvalue weighted by Crippen LogP contribution is -2.44. The first-order chi connectivity index (χ1) is 12.0. The van der Waals surface area contributed by atoms with Gasteiger partial charge in [-0.05, 0) is 37.3 Å². The number of amides is 2. The molecule has 25 heavy (non-hydrogen) atoms. The number of aliphatic hydroxyl groups is 1. The first kappa shape index (κ1) is 17.5. The molecule has 1 aliphatic carbocycles. The number of benzene rings is 1. The van der Waals surface area contributed by atoms with E-state index in [2.05, 4.69) is 40.0 Å². The molecule has 1 aliphatic rings. The largest absolute Gasteiger partial charge is 0.383 e. The van der Waals surface area contributed by atoms with Gasteiger partial charge in [-0.15, -0.1) is 0 Å². The van der Waals surface area contributed by atoms with Crippen molar-refractivity contribution in [1.29, 1.82) is 0 Å². The van der Waals surface area contributed by atoms with Gasteiger partial charge in [0.15, 0.2) is 0 Å². The van der Waals surface area contributed by atoms with Crippen LogP contribution < -0.4 is 10.6 Å². The van der Waals surface area contributed by atoms with Crippen molar-refractivity contribution in [3.05, 3.63) is 53.3 Å². The predicted molar refractivity (Wildman–Crippen MR) is 96.3 cm³/mol. The van der Waals surface area contributed by atoms with Gasteiger partial charge >= 0.3 is 6.03 Å². The molecule has 134 valence electrons. The Kier molecular flexibility index (Phi) is 5.08. The highest BCUT2D eigenvalue weighted by Crippen LogP contribution is 2.30. The second-order valence-corrected chi connectivity index (χ2v) is 7.03. The van der Waals surface area contributed by atoms with Crippen molar-refractivity contribution >= 4 is 6.03 Å². The summed E-state index contributed by atoms with van der Waals surface area (Å²) in [4.78, 5) is 12.1. The van der Waals surface area contributed by atoms with Crippen LogP contribution in [0.4, 0.5) is 4.79 Å². The van der Waals surface area contributed by atoms with Gasteiger partial charge in [0.1, 0.15) is 5.60 Å². The number of carbonyl (C=O) groups is 1. The third kappa shape index (κ3) is 4.20. The van der Waals surface area contributed by atoms with Crippen LogP contribution in [0.25, 0.3) is 0 Å². The first-order valence-electron chi connectivity index (χ1n) is 8.77. The third-order valence-electron chi connectivity index (χ3n) is 4.92. The predicted octanol–water partition coefficient (Wildman–Crippen LogP) is 2.05. The van der Waals surface area contributed by atoms with Crippen LogP contribution in [0.15, 0.2) is 36.7 Å². The van der Waals surface area contributed by atoms with Crippen molar-refractivity contribution < 1.29 is 9.90 Å². The van der Waals surface area contributed by atoms with Crippen LogP contribution in [0.1, 0.15) is 42.4 Å². The minimum Gasteiger partial charge on any atom is -0.383 e. The highest BCUT2D eigenvalue weighted by atomic mass is 16.3. The van der Waals surface area contributed by atoms with Crippen LogP contribution in [-0.4, -0.2) is 34.0 Å². The fraction of sp³-hybridized carbons (Fsp3) is 0.474. The summed E-state index contributed by atoms with van der Waals surface area (Å²) in [5.74, 6) is 0.356. The molecule has 0 saturated carbocycles. The SMILES string of the molecule is Cn1cc(C(C)(O)CNC(=O)NCC2CCCc3ccccc32)cn1. The van der Waals surface area contributed by atoms with Crippen molar-refractivity contribution in [2.45, 2.75) is 37.7 Å². The smallest absolute Gasteiger partial charge is 0.314 e. The lowest BCUT2D eigenvalue weighted by molar-refractivity contribution is 0.0593. The maximum Gasteiger partial charge on any atom is 0.314 e. The van der Waals surface area contributed by atoms with Gasteiger partial charge in [0.2, 0.25) is 0 Å². The Morgan fingerprint density at radius 2 is 2.20 bits per heavy atom. The molecule has 0 spiro atoms. The molecule has 2 unspecified atom stereocenters. The monoisotopic (exact) mass is 342 g/mol. The fourth-order valence-electron chi connectivity index (χ4n) is 3.40. The second kappa shape index (κ2) is 7.27. The molecule has 6 heteroatoms. The molecule has 2 aromatic rings. The van der Waals surface area contributed by atoms with Gasteiger partial charge in [-0.25, -0.2) is 4.79 Å². The molecule has 1 heterocycles. The van der Waals surface area contributed by atoms with Crippen molar-refractivity contribution in [1.82, 2.24) is 20.4 Å². The topological polar surface area (TPSA) is 79.2 Å². The summed E-state index contributed by atoms with van der Waals surface area (Å²) in [6.07, 6.45) is 6.72. The van der Waals surface area contributed by atoms with E-state index in [9.17, 15) is 9.90 Å². The number of carbonyl (C=O) groups excluding carboxylic acids is 1. The van der Waals surface area contributed by atoms with E-state index in [1.54, 1.807) is 31.0 Å². The average Bonchev–Trinajstić information content (AvgIpc) is 3.05. The van der Waals surface area contributed by atoms with Crippen molar-refractivity contribution in [3.63, 3.8) is 0 Å². The maximum absolute atomic E-state index is 12.1. The van der Waals surface area contributed by atoms with E-state index in [-0.39, 0.29) is 12.6 Å². The van der Waals surface area contributed by atoms with Gasteiger partial charge in [-0.3, -0.25) is 4.68 Å². The first-order valence-corrected chi connectivity index (χ1v) is 8.77. The number of nitrogens with one attached hydrogen (secondary N) is 2. The van der Waals surface area contributed by atoms with Crippen LogP contribution in [-0.2, 0) is 19.1 Å². The minimum absolute atomic E-state index is 0.131. The Bertz CT molecular complexity index is 739. The van der Waals surface area contributed by atoms with Crippen LogP contribution in [0, 0.1) is 0 Å². The highest BCUT2D eigenvalue weighted by Gasteiger charge is 2.26. The Morgan fingerprint density at radius 1 is 1.40 bits per heavy atom. The van der Waals surface area contributed by atoms with E-state index >= 15 is 0 Å². The van der Waals surface area contributed by atoms with E-state index in [0.717, 1.165) is 19.3 Å². The Labute approximate surface area is 148 Å². The molecular weight excluding hydrogens is 316 g/mol. The molecule has 0 saturated heterocycles. The second-order valence-electron chi connectivity index (χ2n) is 7.03. The molecule has 0 radical (unpaired) electrons. The maximum atomic E-state index is 12.1. The lowest BCUT2D eigenvalue weighted by atomic mass is 9.83. The molecule has 0 fully saturated rings. The summed E-state index contributed by atoms with van der Waals surface area (Å²) in [7, 11) is 1.79. The lowest BCUT2D eigenvalue weighted by Gasteiger charge is -2.26. The molecule has 2 amide bonds. The van der Waals surface area contributed by atoms with Gasteiger partial charge in [0.05, 0.1) is 12.7 Å². The highest BCUT2D eigenvalue weighted by molar-refractivity contribution is 5.74. The summed E-state index contributed by atoms with van der Waals surface area (Å²) in [5.41, 5.74) is 2.26. The fourth-order valence-corrected chi connectivity index (χ4v) is 3.40. The number of fused-ring (bicyclic) bond motifs is 1. The van der Waals surface area contributed by atoms with Gasteiger partial charge in [-0.2, -0.15) is 5.10 Å². The molecule has 0 aliphatic heterocycles. The normalized spacial score (nSPS) is 18.9. The van der Waals surface area contributed by atoms with Crippen LogP contribution in [0.3, 0.4) is 0 Å². The van der Waals surface area contributed by atoms with Crippen LogP contribution in [0.2, 0.25) is 0 Å². The summed E-state index contributed by atoms with van der Waals surface area (Å²) in [5, 5.41) is 20.3. The summed E-state index contributed by atoms with van der Waals surface area (Å²) >= 11 is 0. The molecular formula is C19H26N4O2. The van der Waals surface area contributed by atoms with Crippen molar-refractivity contribution in [3.8, 4) is 0 Å². The quantitative estimate of drug-likeness (QED) is 0.778. The van der Waals surface area contributed by atoms with Crippen molar-refractivity contribution in [2.24, 2.45) is 7.05 Å². The Balaban J connectivity index is 1.51. The van der Waals surface area contributed by atoms with E-state index in [1.165, 1.54) is 11.1 Å². The number of rotatable bonds is 5. The van der Waals surface area contributed by atoms with E-state index in [1.807, 2.05) is 0 Å². The standard InChI is InChI=1S/C19H26N4O2/c1-19(25,16-11-22-23(2)12-16)13-21-18(24)20-10-15-8-5-7-14-6-3-4-9-17(14)15/h3-4,6,9,11-12,15,25H,5,7-8,10,13H2,1-2H3,(H2,20,21,24). The molecule has 3 N–H and O–H groups in total.